The van der Waals surface area contributed by atoms with Gasteiger partial charge in [-0.05, 0) is 97.8 Å². The molecule has 0 amide bonds. The van der Waals surface area contributed by atoms with Crippen LogP contribution in [0.2, 0.25) is 0 Å². The van der Waals surface area contributed by atoms with Gasteiger partial charge in [-0.2, -0.15) is 10.5 Å². The second-order valence-corrected chi connectivity index (χ2v) is 15.7. The average Bonchev–Trinajstić information content (AvgIpc) is 3.83. The van der Waals surface area contributed by atoms with E-state index >= 15 is 0 Å². The summed E-state index contributed by atoms with van der Waals surface area (Å²) in [7, 11) is 0. The Morgan fingerprint density at radius 2 is 0.903 bits per heavy atom. The number of rotatable bonds is 6. The van der Waals surface area contributed by atoms with E-state index in [4.69, 9.17) is 15.0 Å². The highest BCUT2D eigenvalue weighted by atomic mass is 15.1. The summed E-state index contributed by atoms with van der Waals surface area (Å²) in [6.45, 7) is 4.23. The van der Waals surface area contributed by atoms with Gasteiger partial charge < -0.3 is 9.13 Å². The number of para-hydroxylation sites is 2. The smallest absolute Gasteiger partial charge is 0.166 e. The van der Waals surface area contributed by atoms with Crippen LogP contribution in [0.3, 0.4) is 0 Å². The molecule has 11 rings (SSSR count). The normalized spacial score (nSPS) is 11.4. The lowest BCUT2D eigenvalue weighted by atomic mass is 9.97. The molecule has 290 valence electrons. The van der Waals surface area contributed by atoms with Crippen LogP contribution in [0, 0.1) is 36.5 Å². The highest BCUT2D eigenvalue weighted by molar-refractivity contribution is 6.11. The standard InChI is InChI=1S/C55H35N7/c1-34-20-24-49-43(28-34)41-16-8-10-18-47(41)61(49)51-26-22-36(32-56)30-45(51)54-58-53(37-12-4-3-5-13-37)59-55(60-54)46-31-38(40-15-7-6-14-39(40)33-57)23-27-52(46)62-48-19-11-9-17-42(48)44-29-35(2)21-25-50(44)62/h3-31H,1-2H3. The van der Waals surface area contributed by atoms with Crippen LogP contribution in [0.1, 0.15) is 22.3 Å². The molecular formula is C55H35N7. The molecule has 0 aliphatic heterocycles. The van der Waals surface area contributed by atoms with Crippen molar-refractivity contribution in [2.75, 3.05) is 0 Å². The van der Waals surface area contributed by atoms with E-state index in [0.29, 0.717) is 34.2 Å². The summed E-state index contributed by atoms with van der Waals surface area (Å²) in [5, 5.41) is 25.1. The van der Waals surface area contributed by atoms with Crippen LogP contribution in [0.5, 0.6) is 0 Å². The van der Waals surface area contributed by atoms with Crippen LogP contribution in [0.25, 0.3) is 100 Å². The maximum Gasteiger partial charge on any atom is 0.166 e. The second-order valence-electron chi connectivity index (χ2n) is 15.7. The van der Waals surface area contributed by atoms with Crippen molar-refractivity contribution in [1.82, 2.24) is 24.1 Å². The summed E-state index contributed by atoms with van der Waals surface area (Å²) in [4.78, 5) is 15.9. The lowest BCUT2D eigenvalue weighted by Gasteiger charge is -2.18. The van der Waals surface area contributed by atoms with Crippen LogP contribution >= 0.6 is 0 Å². The zero-order valence-corrected chi connectivity index (χ0v) is 33.9. The summed E-state index contributed by atoms with van der Waals surface area (Å²) in [6, 6.07) is 64.3. The molecule has 7 heteroatoms. The molecule has 7 nitrogen and oxygen atoms in total. The van der Waals surface area contributed by atoms with Gasteiger partial charge in [0.05, 0.1) is 56.7 Å². The topological polar surface area (TPSA) is 96.1 Å². The minimum atomic E-state index is 0.422. The SMILES string of the molecule is Cc1ccc2c(c1)c1ccccc1n2-c1ccc(C#N)cc1-c1nc(-c2ccccc2)nc(-c2cc(-c3ccccc3C#N)ccc2-n2c3ccccc3c3cc(C)ccc32)n1. The molecule has 3 aromatic heterocycles. The van der Waals surface area contributed by atoms with E-state index in [1.165, 1.54) is 11.1 Å². The van der Waals surface area contributed by atoms with Gasteiger partial charge >= 0.3 is 0 Å². The van der Waals surface area contributed by atoms with E-state index in [2.05, 4.69) is 138 Å². The Hall–Kier alpha value is -8.65. The van der Waals surface area contributed by atoms with Gasteiger partial charge in [-0.1, -0.05) is 114 Å². The van der Waals surface area contributed by atoms with E-state index in [-0.39, 0.29) is 0 Å². The van der Waals surface area contributed by atoms with Crippen molar-refractivity contribution >= 4 is 43.6 Å². The highest BCUT2D eigenvalue weighted by Crippen LogP contribution is 2.41. The van der Waals surface area contributed by atoms with Crippen molar-refractivity contribution in [3.05, 3.63) is 198 Å². The van der Waals surface area contributed by atoms with Crippen molar-refractivity contribution in [3.8, 4) is 68.8 Å². The van der Waals surface area contributed by atoms with Gasteiger partial charge in [0.15, 0.2) is 17.5 Å². The largest absolute Gasteiger partial charge is 0.309 e. The van der Waals surface area contributed by atoms with Gasteiger partial charge in [-0.25, -0.2) is 15.0 Å². The fraction of sp³-hybridized carbons (Fsp3) is 0.0364. The monoisotopic (exact) mass is 793 g/mol. The summed E-state index contributed by atoms with van der Waals surface area (Å²) < 4.78 is 4.53. The van der Waals surface area contributed by atoms with Crippen molar-refractivity contribution in [2.24, 2.45) is 0 Å². The molecular weight excluding hydrogens is 759 g/mol. The molecule has 3 heterocycles. The predicted octanol–water partition coefficient (Wildman–Crippen LogP) is 13.1. The zero-order valence-electron chi connectivity index (χ0n) is 33.9. The highest BCUT2D eigenvalue weighted by Gasteiger charge is 2.23. The molecule has 0 atom stereocenters. The lowest BCUT2D eigenvalue weighted by Crippen LogP contribution is -2.06. The van der Waals surface area contributed by atoms with Crippen molar-refractivity contribution < 1.29 is 0 Å². The molecule has 8 aromatic carbocycles. The lowest BCUT2D eigenvalue weighted by molar-refractivity contribution is 1.06. The molecule has 0 N–H and O–H groups in total. The average molecular weight is 794 g/mol. The number of nitriles is 2. The Morgan fingerprint density at radius 1 is 0.387 bits per heavy atom. The van der Waals surface area contributed by atoms with Gasteiger partial charge in [-0.3, -0.25) is 0 Å². The van der Waals surface area contributed by atoms with E-state index in [1.54, 1.807) is 0 Å². The van der Waals surface area contributed by atoms with Gasteiger partial charge in [0.25, 0.3) is 0 Å². The molecule has 0 saturated heterocycles. The summed E-state index contributed by atoms with van der Waals surface area (Å²) >= 11 is 0. The Bertz CT molecular complexity index is 3690. The minimum Gasteiger partial charge on any atom is -0.309 e. The molecule has 0 radical (unpaired) electrons. The first-order valence-corrected chi connectivity index (χ1v) is 20.5. The van der Waals surface area contributed by atoms with Crippen molar-refractivity contribution in [3.63, 3.8) is 0 Å². The van der Waals surface area contributed by atoms with Crippen LogP contribution in [0.4, 0.5) is 0 Å². The number of aryl methyl sites for hydroxylation is 2. The molecule has 0 spiro atoms. The molecule has 0 aliphatic carbocycles. The summed E-state index contributed by atoms with van der Waals surface area (Å²) in [5.74, 6) is 1.36. The van der Waals surface area contributed by atoms with E-state index in [0.717, 1.165) is 77.2 Å². The first kappa shape index (κ1) is 36.4. The second kappa shape index (κ2) is 14.6. The fourth-order valence-electron chi connectivity index (χ4n) is 8.92. The van der Waals surface area contributed by atoms with Gasteiger partial charge in [0, 0.05) is 38.2 Å². The number of benzene rings is 8. The predicted molar refractivity (Wildman–Crippen MR) is 249 cm³/mol. The van der Waals surface area contributed by atoms with Crippen molar-refractivity contribution in [1.29, 1.82) is 10.5 Å². The maximum absolute atomic E-state index is 10.3. The molecule has 62 heavy (non-hydrogen) atoms. The Kier molecular flexibility index (Phi) is 8.56. The quantitative estimate of drug-likeness (QED) is 0.167. The molecule has 0 saturated carbocycles. The minimum absolute atomic E-state index is 0.422. The van der Waals surface area contributed by atoms with Crippen LogP contribution in [-0.2, 0) is 0 Å². The van der Waals surface area contributed by atoms with Crippen molar-refractivity contribution in [2.45, 2.75) is 13.8 Å². The number of fused-ring (bicyclic) bond motifs is 6. The number of hydrogen-bond acceptors (Lipinski definition) is 5. The van der Waals surface area contributed by atoms with Gasteiger partial charge in [0.1, 0.15) is 0 Å². The van der Waals surface area contributed by atoms with Crippen LogP contribution in [0.15, 0.2) is 176 Å². The molecule has 11 aromatic rings. The number of nitrogens with zero attached hydrogens (tertiary/aromatic N) is 7. The van der Waals surface area contributed by atoms with E-state index in [1.807, 2.05) is 72.8 Å². The van der Waals surface area contributed by atoms with E-state index < -0.39 is 0 Å². The first-order chi connectivity index (χ1) is 30.5. The molecule has 0 unspecified atom stereocenters. The van der Waals surface area contributed by atoms with Crippen LogP contribution < -0.4 is 0 Å². The molecule has 0 aliphatic rings. The van der Waals surface area contributed by atoms with Crippen LogP contribution in [-0.4, -0.2) is 24.1 Å². The van der Waals surface area contributed by atoms with Gasteiger partial charge in [0.2, 0.25) is 0 Å². The third kappa shape index (κ3) is 5.92. The maximum atomic E-state index is 10.3. The van der Waals surface area contributed by atoms with E-state index in [9.17, 15) is 10.5 Å². The molecule has 0 bridgehead atoms. The first-order valence-electron chi connectivity index (χ1n) is 20.5. The zero-order chi connectivity index (χ0) is 41.9. The molecule has 0 fully saturated rings. The Morgan fingerprint density at radius 3 is 1.52 bits per heavy atom. The summed E-state index contributed by atoms with van der Waals surface area (Å²) in [6.07, 6.45) is 0. The third-order valence-electron chi connectivity index (χ3n) is 11.8. The summed E-state index contributed by atoms with van der Waals surface area (Å²) in [5.41, 5.74) is 13.2. The van der Waals surface area contributed by atoms with Gasteiger partial charge in [-0.15, -0.1) is 0 Å². The fourth-order valence-corrected chi connectivity index (χ4v) is 8.92. The number of hydrogen-bond donors (Lipinski definition) is 0. The third-order valence-corrected chi connectivity index (χ3v) is 11.8. The number of aromatic nitrogens is 5. The Balaban J connectivity index is 1.25. The Labute approximate surface area is 357 Å².